The first kappa shape index (κ1) is 11.6. The maximum Gasteiger partial charge on any atom is -0.0325 e. The van der Waals surface area contributed by atoms with Gasteiger partial charge in [0.05, 0.1) is 0 Å². The highest BCUT2D eigenvalue weighted by Crippen LogP contribution is 2.29. The van der Waals surface area contributed by atoms with E-state index in [1.54, 1.807) is 0 Å². The lowest BCUT2D eigenvalue weighted by atomic mass is 9.83. The van der Waals surface area contributed by atoms with Gasteiger partial charge in [0.2, 0.25) is 0 Å². The third-order valence-corrected chi connectivity index (χ3v) is 3.45. The summed E-state index contributed by atoms with van der Waals surface area (Å²) in [6.07, 6.45) is 15.1. The molecular formula is C14H24. The zero-order valence-electron chi connectivity index (χ0n) is 9.38. The number of allylic oxidation sites excluding steroid dienone is 2. The zero-order chi connectivity index (χ0) is 10.2. The first-order valence-electron chi connectivity index (χ1n) is 6.08. The summed E-state index contributed by atoms with van der Waals surface area (Å²) in [5, 5.41) is 0. The molecule has 0 radical (unpaired) electrons. The lowest BCUT2D eigenvalue weighted by Crippen LogP contribution is -2.08. The molecule has 1 aliphatic carbocycles. The Hall–Kier alpha value is -0.520. The molecule has 0 nitrogen and oxygen atoms in total. The van der Waals surface area contributed by atoms with Crippen molar-refractivity contribution in [3.63, 3.8) is 0 Å². The van der Waals surface area contributed by atoms with Crippen molar-refractivity contribution in [3.8, 4) is 0 Å². The van der Waals surface area contributed by atoms with Gasteiger partial charge in [0.1, 0.15) is 0 Å². The summed E-state index contributed by atoms with van der Waals surface area (Å²) in [5.41, 5.74) is 0. The molecule has 0 aromatic heterocycles. The Morgan fingerprint density at radius 2 is 1.14 bits per heavy atom. The normalized spacial score (nSPS) is 28.9. The van der Waals surface area contributed by atoms with Crippen LogP contribution in [0.3, 0.4) is 0 Å². The van der Waals surface area contributed by atoms with E-state index in [0.29, 0.717) is 0 Å². The second-order valence-electron chi connectivity index (χ2n) is 4.64. The van der Waals surface area contributed by atoms with Crippen LogP contribution in [0.4, 0.5) is 0 Å². The van der Waals surface area contributed by atoms with Crippen molar-refractivity contribution in [1.29, 1.82) is 0 Å². The third kappa shape index (κ3) is 4.13. The van der Waals surface area contributed by atoms with Gasteiger partial charge in [-0.05, 0) is 24.7 Å². The minimum atomic E-state index is 0.928. The van der Waals surface area contributed by atoms with E-state index in [9.17, 15) is 0 Å². The van der Waals surface area contributed by atoms with Gasteiger partial charge in [-0.25, -0.2) is 0 Å². The molecule has 0 aliphatic heterocycles. The molecule has 0 N–H and O–H groups in total. The fourth-order valence-electron chi connectivity index (χ4n) is 2.62. The zero-order valence-corrected chi connectivity index (χ0v) is 9.38. The van der Waals surface area contributed by atoms with Gasteiger partial charge >= 0.3 is 0 Å². The van der Waals surface area contributed by atoms with Crippen molar-refractivity contribution in [2.45, 2.75) is 51.4 Å². The first-order valence-corrected chi connectivity index (χ1v) is 6.08. The maximum absolute atomic E-state index is 3.84. The van der Waals surface area contributed by atoms with Crippen LogP contribution in [0.5, 0.6) is 0 Å². The van der Waals surface area contributed by atoms with Crippen LogP contribution in [0.15, 0.2) is 25.3 Å². The summed E-state index contributed by atoms with van der Waals surface area (Å²) in [5.74, 6) is 1.86. The number of hydrogen-bond donors (Lipinski definition) is 0. The third-order valence-electron chi connectivity index (χ3n) is 3.45. The lowest BCUT2D eigenvalue weighted by Gasteiger charge is -2.23. The van der Waals surface area contributed by atoms with E-state index in [1.165, 1.54) is 51.4 Å². The van der Waals surface area contributed by atoms with Crippen LogP contribution in [0, 0.1) is 11.8 Å². The molecule has 1 rings (SSSR count). The number of hydrogen-bond acceptors (Lipinski definition) is 0. The summed E-state index contributed by atoms with van der Waals surface area (Å²) >= 11 is 0. The van der Waals surface area contributed by atoms with Crippen LogP contribution in [0.1, 0.15) is 51.4 Å². The Morgan fingerprint density at radius 3 is 1.43 bits per heavy atom. The lowest BCUT2D eigenvalue weighted by molar-refractivity contribution is 0.320. The molecule has 0 spiro atoms. The molecule has 0 aromatic rings. The van der Waals surface area contributed by atoms with Crippen LogP contribution >= 0.6 is 0 Å². The molecule has 0 heterocycles. The van der Waals surface area contributed by atoms with E-state index in [4.69, 9.17) is 0 Å². The van der Waals surface area contributed by atoms with E-state index < -0.39 is 0 Å². The van der Waals surface area contributed by atoms with Gasteiger partial charge in [0, 0.05) is 0 Å². The van der Waals surface area contributed by atoms with Gasteiger partial charge in [-0.3, -0.25) is 0 Å². The summed E-state index contributed by atoms with van der Waals surface area (Å²) in [4.78, 5) is 0. The highest BCUT2D eigenvalue weighted by atomic mass is 14.2. The van der Waals surface area contributed by atoms with Crippen molar-refractivity contribution in [2.75, 3.05) is 0 Å². The molecule has 0 heteroatoms. The van der Waals surface area contributed by atoms with Gasteiger partial charge in [0.25, 0.3) is 0 Å². The molecule has 0 unspecified atom stereocenters. The molecule has 1 fully saturated rings. The van der Waals surface area contributed by atoms with Gasteiger partial charge in [0.15, 0.2) is 0 Å². The van der Waals surface area contributed by atoms with E-state index in [0.717, 1.165) is 11.8 Å². The average molecular weight is 192 g/mol. The fourth-order valence-corrected chi connectivity index (χ4v) is 2.62. The second-order valence-corrected chi connectivity index (χ2v) is 4.64. The Balaban J connectivity index is 2.27. The molecule has 0 bridgehead atoms. The topological polar surface area (TPSA) is 0 Å². The van der Waals surface area contributed by atoms with E-state index in [1.807, 2.05) is 0 Å². The molecule has 0 atom stereocenters. The van der Waals surface area contributed by atoms with Crippen molar-refractivity contribution in [2.24, 2.45) is 11.8 Å². The van der Waals surface area contributed by atoms with E-state index in [2.05, 4.69) is 25.3 Å². The monoisotopic (exact) mass is 192 g/mol. The van der Waals surface area contributed by atoms with Crippen LogP contribution in [-0.2, 0) is 0 Å². The van der Waals surface area contributed by atoms with Crippen LogP contribution in [0.25, 0.3) is 0 Å². The Bertz CT molecular complexity index is 141. The maximum atomic E-state index is 3.84. The Labute approximate surface area is 89.1 Å². The second kappa shape index (κ2) is 6.86. The molecule has 80 valence electrons. The number of rotatable bonds is 4. The molecule has 0 amide bonds. The summed E-state index contributed by atoms with van der Waals surface area (Å²) in [6, 6.07) is 0. The Morgan fingerprint density at radius 1 is 0.786 bits per heavy atom. The summed E-state index contributed by atoms with van der Waals surface area (Å²) in [7, 11) is 0. The van der Waals surface area contributed by atoms with Crippen molar-refractivity contribution in [1.82, 2.24) is 0 Å². The van der Waals surface area contributed by atoms with E-state index >= 15 is 0 Å². The predicted molar refractivity (Wildman–Crippen MR) is 64.3 cm³/mol. The smallest absolute Gasteiger partial charge is 0.0325 e. The van der Waals surface area contributed by atoms with Crippen LogP contribution < -0.4 is 0 Å². The molecule has 1 saturated carbocycles. The van der Waals surface area contributed by atoms with Gasteiger partial charge in [-0.1, -0.05) is 50.7 Å². The van der Waals surface area contributed by atoms with Gasteiger partial charge < -0.3 is 0 Å². The molecule has 0 saturated heterocycles. The predicted octanol–water partition coefficient (Wildman–Crippen LogP) is 4.73. The fraction of sp³-hybridized carbons (Fsp3) is 0.714. The van der Waals surface area contributed by atoms with Crippen molar-refractivity contribution in [3.05, 3.63) is 25.3 Å². The highest BCUT2D eigenvalue weighted by Gasteiger charge is 2.14. The van der Waals surface area contributed by atoms with Gasteiger partial charge in [-0.15, -0.1) is 13.2 Å². The van der Waals surface area contributed by atoms with Crippen LogP contribution in [-0.4, -0.2) is 0 Å². The average Bonchev–Trinajstić information content (AvgIpc) is 2.13. The van der Waals surface area contributed by atoms with Crippen LogP contribution in [0.2, 0.25) is 0 Å². The minimum absolute atomic E-state index is 0.928. The van der Waals surface area contributed by atoms with Crippen molar-refractivity contribution < 1.29 is 0 Å². The van der Waals surface area contributed by atoms with Gasteiger partial charge in [-0.2, -0.15) is 0 Å². The molecule has 1 aliphatic rings. The minimum Gasteiger partial charge on any atom is -0.103 e. The standard InChI is InChI=1S/C14H24/c1-3-7-13-9-5-11-14(8-4-2)12-6-10-13/h3-4,13-14H,1-2,5-12H2. The molecular weight excluding hydrogens is 168 g/mol. The summed E-state index contributed by atoms with van der Waals surface area (Å²) < 4.78 is 0. The molecule has 0 aromatic carbocycles. The quantitative estimate of drug-likeness (QED) is 0.565. The largest absolute Gasteiger partial charge is 0.103 e. The first-order chi connectivity index (χ1) is 6.86. The van der Waals surface area contributed by atoms with E-state index in [-0.39, 0.29) is 0 Å². The summed E-state index contributed by atoms with van der Waals surface area (Å²) in [6.45, 7) is 7.68. The van der Waals surface area contributed by atoms with Crippen molar-refractivity contribution >= 4 is 0 Å². The SMILES string of the molecule is C=CCC1CCCC(CC=C)CCC1. The Kier molecular flexibility index (Phi) is 5.66. The highest BCUT2D eigenvalue weighted by molar-refractivity contribution is 4.78. The molecule has 14 heavy (non-hydrogen) atoms.